The van der Waals surface area contributed by atoms with E-state index in [0.29, 0.717) is 12.1 Å². The summed E-state index contributed by atoms with van der Waals surface area (Å²) < 4.78 is 84.6. The molecule has 2 unspecified atom stereocenters. The number of nitrogens with one attached hydrogen (secondary N) is 2. The Morgan fingerprint density at radius 2 is 1.79 bits per heavy atom. The molecule has 2 aromatic heterocycles. The Labute approximate surface area is 237 Å². The Balaban J connectivity index is 1.53. The van der Waals surface area contributed by atoms with Gasteiger partial charge in [-0.2, -0.15) is 18.3 Å². The zero-order valence-electron chi connectivity index (χ0n) is 20.8. The van der Waals surface area contributed by atoms with Crippen molar-refractivity contribution in [1.29, 1.82) is 0 Å². The summed E-state index contributed by atoms with van der Waals surface area (Å²) in [5.74, 6) is -3.81. The molecule has 3 heterocycles. The van der Waals surface area contributed by atoms with E-state index in [0.717, 1.165) is 18.3 Å². The Bertz CT molecular complexity index is 1890. The molecule has 1 aliphatic heterocycles. The van der Waals surface area contributed by atoms with Gasteiger partial charge in [0.1, 0.15) is 30.0 Å². The highest BCUT2D eigenvalue weighted by Gasteiger charge is 2.36. The first-order valence-electron chi connectivity index (χ1n) is 12.1. The molecule has 3 aromatic carbocycles. The fourth-order valence-corrected chi connectivity index (χ4v) is 5.16. The van der Waals surface area contributed by atoms with Crippen molar-refractivity contribution < 1.29 is 36.2 Å². The highest BCUT2D eigenvalue weighted by molar-refractivity contribution is 6.31. The Kier molecular flexibility index (Phi) is 6.67. The number of carbonyl (C=O) groups excluding carboxylic acids is 1. The highest BCUT2D eigenvalue weighted by atomic mass is 35.5. The summed E-state index contributed by atoms with van der Waals surface area (Å²) in [4.78, 5) is 17.3. The first kappa shape index (κ1) is 27.7. The number of carbonyl (C=O) groups is 1. The first-order valence-corrected chi connectivity index (χ1v) is 12.5. The summed E-state index contributed by atoms with van der Waals surface area (Å²) in [5, 5.41) is 20.2. The molecule has 42 heavy (non-hydrogen) atoms. The summed E-state index contributed by atoms with van der Waals surface area (Å²) in [7, 11) is 0. The van der Waals surface area contributed by atoms with Gasteiger partial charge >= 0.3 is 6.18 Å². The van der Waals surface area contributed by atoms with Crippen molar-refractivity contribution in [3.8, 4) is 11.1 Å². The van der Waals surface area contributed by atoms with Crippen molar-refractivity contribution in [3.05, 3.63) is 117 Å². The van der Waals surface area contributed by atoms with Crippen LogP contribution in [0, 0.1) is 17.5 Å². The summed E-state index contributed by atoms with van der Waals surface area (Å²) in [6.45, 7) is 0. The number of halogens is 7. The smallest absolute Gasteiger partial charge is 0.374 e. The molecule has 5 aromatic rings. The molecule has 3 N–H and O–H groups in total. The number of aliphatic hydroxyl groups excluding tert-OH is 1. The van der Waals surface area contributed by atoms with Crippen LogP contribution >= 0.6 is 11.6 Å². The monoisotopic (exact) mass is 603 g/mol. The molecule has 0 aliphatic carbocycles. The number of aliphatic hydroxyl groups is 1. The number of hydrogen-bond acceptors (Lipinski definition) is 5. The SMILES string of the molecule is O=C(Nc1cc(-c2cc3ncnn3cc2F)cc2c1C(c1cc(F)ccc1Cl)NC2O)c1cc(F)cc(C(F)(F)F)c1. The molecule has 0 saturated carbocycles. The van der Waals surface area contributed by atoms with Crippen LogP contribution in [0.5, 0.6) is 0 Å². The maximum absolute atomic E-state index is 15.2. The highest BCUT2D eigenvalue weighted by Crippen LogP contribution is 2.45. The van der Waals surface area contributed by atoms with Gasteiger partial charge in [0.2, 0.25) is 0 Å². The lowest BCUT2D eigenvalue weighted by molar-refractivity contribution is -0.137. The molecule has 0 bridgehead atoms. The minimum Gasteiger partial charge on any atom is -0.374 e. The van der Waals surface area contributed by atoms with Crippen molar-refractivity contribution >= 4 is 28.8 Å². The lowest BCUT2D eigenvalue weighted by Crippen LogP contribution is -2.20. The van der Waals surface area contributed by atoms with Crippen molar-refractivity contribution in [2.75, 3.05) is 5.32 Å². The Morgan fingerprint density at radius 1 is 1.00 bits per heavy atom. The van der Waals surface area contributed by atoms with Gasteiger partial charge in [-0.25, -0.2) is 22.7 Å². The zero-order valence-corrected chi connectivity index (χ0v) is 21.6. The molecule has 0 saturated heterocycles. The minimum atomic E-state index is -4.93. The van der Waals surface area contributed by atoms with E-state index < -0.39 is 52.9 Å². The average molecular weight is 604 g/mol. The molecule has 0 radical (unpaired) electrons. The van der Waals surface area contributed by atoms with Crippen LogP contribution in [0.1, 0.15) is 44.9 Å². The largest absolute Gasteiger partial charge is 0.416 e. The van der Waals surface area contributed by atoms with Crippen LogP contribution in [-0.2, 0) is 6.18 Å². The number of amides is 1. The second-order valence-corrected chi connectivity index (χ2v) is 9.88. The number of aromatic nitrogens is 3. The van der Waals surface area contributed by atoms with Gasteiger partial charge < -0.3 is 10.4 Å². The van der Waals surface area contributed by atoms with E-state index in [-0.39, 0.29) is 50.2 Å². The van der Waals surface area contributed by atoms with Gasteiger partial charge in [-0.1, -0.05) is 11.6 Å². The van der Waals surface area contributed by atoms with Crippen molar-refractivity contribution in [3.63, 3.8) is 0 Å². The van der Waals surface area contributed by atoms with Crippen LogP contribution in [0.3, 0.4) is 0 Å². The molecule has 214 valence electrons. The quantitative estimate of drug-likeness (QED) is 0.206. The predicted molar refractivity (Wildman–Crippen MR) is 139 cm³/mol. The third-order valence-corrected chi connectivity index (χ3v) is 7.15. The van der Waals surface area contributed by atoms with Crippen molar-refractivity contribution in [1.82, 2.24) is 19.9 Å². The molecular weight excluding hydrogens is 588 g/mol. The number of hydrogen-bond donors (Lipinski definition) is 3. The number of pyridine rings is 1. The van der Waals surface area contributed by atoms with Crippen LogP contribution in [0.15, 0.2) is 67.1 Å². The van der Waals surface area contributed by atoms with Crippen molar-refractivity contribution in [2.24, 2.45) is 0 Å². The number of benzene rings is 3. The molecule has 14 heteroatoms. The minimum absolute atomic E-state index is 0.00153. The van der Waals surface area contributed by atoms with E-state index in [4.69, 9.17) is 11.6 Å². The Morgan fingerprint density at radius 3 is 2.55 bits per heavy atom. The van der Waals surface area contributed by atoms with Gasteiger partial charge in [-0.05, 0) is 65.7 Å². The standard InChI is InChI=1S/C28H16ClF6N5O2/c29-20-2-1-15(30)8-18(20)25-24-19(27(42)39-25)5-12(17-9-23-36-11-37-40(23)10-21(17)32)6-22(24)38-26(41)13-3-14(28(33,34)35)7-16(31)4-13/h1-11,25,27,39,42H,(H,38,41). The second-order valence-electron chi connectivity index (χ2n) is 9.47. The number of nitrogens with zero attached hydrogens (tertiary/aromatic N) is 3. The van der Waals surface area contributed by atoms with E-state index in [1.165, 1.54) is 35.1 Å². The zero-order chi connectivity index (χ0) is 29.9. The summed E-state index contributed by atoms with van der Waals surface area (Å²) in [6.07, 6.45) is -4.06. The number of rotatable bonds is 4. The lowest BCUT2D eigenvalue weighted by Gasteiger charge is -2.20. The van der Waals surface area contributed by atoms with E-state index in [2.05, 4.69) is 20.7 Å². The van der Waals surface area contributed by atoms with E-state index in [1.807, 2.05) is 0 Å². The molecule has 7 nitrogen and oxygen atoms in total. The maximum Gasteiger partial charge on any atom is 0.416 e. The molecule has 2 atom stereocenters. The maximum atomic E-state index is 15.2. The van der Waals surface area contributed by atoms with Gasteiger partial charge in [0.05, 0.1) is 17.8 Å². The fourth-order valence-electron chi connectivity index (χ4n) is 4.93. The fraction of sp³-hybridized carbons (Fsp3) is 0.107. The van der Waals surface area contributed by atoms with Crippen LogP contribution < -0.4 is 10.6 Å². The molecule has 1 amide bonds. The van der Waals surface area contributed by atoms with Crippen molar-refractivity contribution in [2.45, 2.75) is 18.4 Å². The van der Waals surface area contributed by atoms with Crippen LogP contribution in [-0.4, -0.2) is 25.6 Å². The number of alkyl halides is 3. The normalized spacial score (nSPS) is 16.6. The summed E-state index contributed by atoms with van der Waals surface area (Å²) >= 11 is 6.33. The van der Waals surface area contributed by atoms with Gasteiger partial charge in [-0.3, -0.25) is 10.1 Å². The molecule has 6 rings (SSSR count). The molecule has 1 aliphatic rings. The van der Waals surface area contributed by atoms with Crippen LogP contribution in [0.2, 0.25) is 5.02 Å². The molecule has 0 fully saturated rings. The third kappa shape index (κ3) is 4.95. The molecular formula is C28H16ClF6N5O2. The summed E-state index contributed by atoms with van der Waals surface area (Å²) in [5.41, 5.74) is -1.18. The summed E-state index contributed by atoms with van der Waals surface area (Å²) in [6, 6.07) is 8.00. The number of anilines is 1. The van der Waals surface area contributed by atoms with E-state index >= 15 is 4.39 Å². The third-order valence-electron chi connectivity index (χ3n) is 6.80. The van der Waals surface area contributed by atoms with Gasteiger partial charge in [-0.15, -0.1) is 0 Å². The first-order chi connectivity index (χ1) is 19.9. The second kappa shape index (κ2) is 10.1. The average Bonchev–Trinajstić information content (AvgIpc) is 3.52. The number of fused-ring (bicyclic) bond motifs is 2. The van der Waals surface area contributed by atoms with Gasteiger partial charge in [0.25, 0.3) is 5.91 Å². The predicted octanol–water partition coefficient (Wildman–Crippen LogP) is 6.42. The van der Waals surface area contributed by atoms with Gasteiger partial charge in [0, 0.05) is 33.0 Å². The van der Waals surface area contributed by atoms with E-state index in [1.54, 1.807) is 0 Å². The lowest BCUT2D eigenvalue weighted by atomic mass is 9.92. The van der Waals surface area contributed by atoms with Crippen LogP contribution in [0.25, 0.3) is 16.8 Å². The Hall–Kier alpha value is -4.46. The van der Waals surface area contributed by atoms with Crippen LogP contribution in [0.4, 0.5) is 32.0 Å². The van der Waals surface area contributed by atoms with E-state index in [9.17, 15) is 31.9 Å². The van der Waals surface area contributed by atoms with Gasteiger partial charge in [0.15, 0.2) is 5.65 Å². The topological polar surface area (TPSA) is 91.6 Å². The molecule has 0 spiro atoms.